The lowest BCUT2D eigenvalue weighted by Crippen LogP contribution is -2.18. The number of carbonyl (C=O) groups excluding carboxylic acids is 2. The van der Waals surface area contributed by atoms with Crippen LogP contribution in [0.2, 0.25) is 0 Å². The van der Waals surface area contributed by atoms with E-state index in [2.05, 4.69) is 81.9 Å². The minimum atomic E-state index is -1.28. The molecule has 0 bridgehead atoms. The van der Waals surface area contributed by atoms with E-state index in [1.165, 1.54) is 42.5 Å². The second-order valence-corrected chi connectivity index (χ2v) is 24.5. The summed E-state index contributed by atoms with van der Waals surface area (Å²) in [5.41, 5.74) is 14.7. The van der Waals surface area contributed by atoms with Gasteiger partial charge in [0.25, 0.3) is 11.6 Å². The number of hydrogen-bond donors (Lipinski definition) is 4. The van der Waals surface area contributed by atoms with Gasteiger partial charge in [-0.3, -0.25) is 14.3 Å². The van der Waals surface area contributed by atoms with Gasteiger partial charge in [0.15, 0.2) is 0 Å². The van der Waals surface area contributed by atoms with Gasteiger partial charge in [-0.15, -0.1) is 15.3 Å². The Bertz CT molecular complexity index is 4690. The molecule has 584 valence electrons. The lowest BCUT2D eigenvalue weighted by molar-refractivity contribution is -0.389. The highest BCUT2D eigenvalue weighted by Crippen LogP contribution is 2.36. The number of nitro groups is 3. The predicted octanol–water partition coefficient (Wildman–Crippen LogP) is 6.95. The lowest BCUT2D eigenvalue weighted by Gasteiger charge is -2.12. The average Bonchev–Trinajstić information content (AvgIpc) is 1.60. The third kappa shape index (κ3) is 23.3. The first-order chi connectivity index (χ1) is 51.3. The SMILES string of the molecule is Cc1cc(F)c(C(=O)Nc2cccc(-c3nnnn3[C@H]3CCOC3)n2)cc1-c1cnn(C2CC2)c1.N[C@H]1CCOC1.Nc1cccc(-c2nnnn2[C@H]2CCOC2)n1.O=C(C[C@H]1CCOC1)c1cccc([N+](=O)[O-])n1.O=C(O)c1cccc([N+](=O)[O-])n1.O=[N+]([O-])c1cccc(-c2nnnn2[C@H]2CCOC2)n1.S.S.S.S. The van der Waals surface area contributed by atoms with Crippen LogP contribution in [0, 0.1) is 49.0 Å². The Hall–Kier alpha value is -10.9. The van der Waals surface area contributed by atoms with Gasteiger partial charge < -0.3 is 75.9 Å². The number of carboxylic acid groups (broad SMARTS) is 1. The molecule has 1 aromatic carbocycles. The van der Waals surface area contributed by atoms with Crippen LogP contribution in [0.25, 0.3) is 45.7 Å². The molecule has 40 nitrogen and oxygen atoms in total. The first-order valence-corrected chi connectivity index (χ1v) is 33.3. The number of hydrogen-bond acceptors (Lipinski definition) is 31. The zero-order valence-electron chi connectivity index (χ0n) is 58.7. The second-order valence-electron chi connectivity index (χ2n) is 24.5. The summed E-state index contributed by atoms with van der Waals surface area (Å²) >= 11 is 0. The summed E-state index contributed by atoms with van der Waals surface area (Å²) in [5.74, 6) is -1.14. The molecule has 6 fully saturated rings. The zero-order valence-corrected chi connectivity index (χ0v) is 62.7. The van der Waals surface area contributed by atoms with Crippen molar-refractivity contribution in [2.24, 2.45) is 11.7 Å². The van der Waals surface area contributed by atoms with Crippen molar-refractivity contribution < 1.29 is 62.3 Å². The third-order valence-electron chi connectivity index (χ3n) is 16.8. The number of aromatic nitrogens is 19. The highest BCUT2D eigenvalue weighted by Gasteiger charge is 2.30. The number of amides is 1. The number of ketones is 1. The largest absolute Gasteiger partial charge is 0.475 e. The Kier molecular flexibility index (Phi) is 32.6. The number of nitrogens with one attached hydrogen (secondary N) is 1. The number of aryl methyl sites for hydroxylation is 1. The molecule has 16 rings (SSSR count). The molecular weight excluding hydrogens is 1520 g/mol. The Morgan fingerprint density at radius 3 is 1.49 bits per heavy atom. The zero-order chi connectivity index (χ0) is 74.6. The van der Waals surface area contributed by atoms with Crippen LogP contribution in [0.1, 0.15) is 112 Å². The summed E-state index contributed by atoms with van der Waals surface area (Å²) in [4.78, 5) is 84.3. The fourth-order valence-electron chi connectivity index (χ4n) is 11.2. The molecule has 6 N–H and O–H groups in total. The molecule has 6 aliphatic rings. The van der Waals surface area contributed by atoms with Gasteiger partial charge >= 0.3 is 23.4 Å². The topological polar surface area (TPSA) is 524 Å². The number of halogens is 1. The number of aromatic carboxylic acids is 1. The molecule has 5 saturated heterocycles. The van der Waals surface area contributed by atoms with Crippen molar-refractivity contribution in [1.29, 1.82) is 0 Å². The molecule has 1 aliphatic carbocycles. The first-order valence-electron chi connectivity index (χ1n) is 33.3. The summed E-state index contributed by atoms with van der Waals surface area (Å²) in [6, 6.07) is 26.9. The fraction of sp³-hybridized carbons (Fsp3) is 0.385. The van der Waals surface area contributed by atoms with Gasteiger partial charge in [-0.25, -0.2) is 33.2 Å². The molecule has 0 unspecified atom stereocenters. The van der Waals surface area contributed by atoms with Crippen molar-refractivity contribution in [3.8, 4) is 45.7 Å². The highest BCUT2D eigenvalue weighted by molar-refractivity contribution is 7.59. The van der Waals surface area contributed by atoms with Crippen LogP contribution in [0.4, 0.5) is 33.5 Å². The van der Waals surface area contributed by atoms with E-state index in [0.29, 0.717) is 105 Å². The molecule has 14 heterocycles. The van der Waals surface area contributed by atoms with Crippen LogP contribution < -0.4 is 16.8 Å². The standard InChI is InChI=1S/C24H23FN8O2.C11H12N2O4.C10H10N6O3.C10H12N6O.C6H4N2O4.C4H9NO.4H2S/c1-14-9-20(25)19(10-18(14)15-11-26-32(12-15)16-5-6-16)24(34)28-22-4-2-3-21(27-22)23-29-30-31-33(23)17-7-8-35-13-17;14-10(6-8-4-5-17-7-8)9-2-1-3-11(12-9)13(15)16;17-16(18)9-3-1-2-8(11-9)10-12-13-14-15(10)7-4-5-19-6-7;11-9-3-1-2-8(12-9)10-13-14-15-16(10)7-4-5-17-6-7;9-6(10)4-2-1-3-5(7-4)8(11)12;5-4-1-2-6-3-4;;;;/h2-4,9-12,16-17H,5-8,13H2,1H3,(H,27,28,34);1-3,8H,4-7H2;1-3,7H,4-6H2;1-3,7H,4-6H2,(H2,11,12);1-3H,(H,9,10);4H,1-3,5H2;4*1H2/t17-;8-;2*7-;;4-;;;;/m0100.0..../s1. The molecule has 45 heteroatoms. The molecule has 0 radical (unpaired) electrons. The number of rotatable bonds is 17. The summed E-state index contributed by atoms with van der Waals surface area (Å²) in [6.45, 7) is 8.47. The van der Waals surface area contributed by atoms with Gasteiger partial charge in [-0.1, -0.05) is 12.1 Å². The number of nitrogens with two attached hydrogens (primary N) is 2. The van der Waals surface area contributed by atoms with E-state index in [1.807, 2.05) is 29.9 Å². The highest BCUT2D eigenvalue weighted by atomic mass is 32.1. The number of Topliss-reactive ketones (excluding diaryl/α,β-unsaturated/α-hetero) is 1. The van der Waals surface area contributed by atoms with E-state index in [4.69, 9.17) is 40.3 Å². The molecule has 5 atom stereocenters. The van der Waals surface area contributed by atoms with Crippen molar-refractivity contribution in [2.45, 2.75) is 88.5 Å². The van der Waals surface area contributed by atoms with Crippen molar-refractivity contribution in [3.05, 3.63) is 174 Å². The van der Waals surface area contributed by atoms with Crippen LogP contribution in [0.15, 0.2) is 116 Å². The van der Waals surface area contributed by atoms with Gasteiger partial charge in [0.1, 0.15) is 28.8 Å². The molecule has 0 spiro atoms. The number of tetrazole rings is 3. The average molecular weight is 1600 g/mol. The van der Waals surface area contributed by atoms with Crippen LogP contribution >= 0.6 is 54.0 Å². The summed E-state index contributed by atoms with van der Waals surface area (Å²) in [5, 5.41) is 82.0. The molecule has 5 aliphatic heterocycles. The molecular formula is C65H78FN25O15S4. The van der Waals surface area contributed by atoms with Crippen molar-refractivity contribution in [1.82, 2.24) is 95.3 Å². The van der Waals surface area contributed by atoms with Crippen LogP contribution in [0.3, 0.4) is 0 Å². The van der Waals surface area contributed by atoms with E-state index in [-0.39, 0.29) is 118 Å². The molecule has 1 amide bonds. The van der Waals surface area contributed by atoms with E-state index in [1.54, 1.807) is 62.7 Å². The smallest absolute Gasteiger partial charge is 0.380 e. The van der Waals surface area contributed by atoms with E-state index >= 15 is 0 Å². The van der Waals surface area contributed by atoms with Gasteiger partial charge in [0, 0.05) is 82.1 Å². The van der Waals surface area contributed by atoms with Gasteiger partial charge in [-0.2, -0.15) is 59.1 Å². The minimum absolute atomic E-state index is 0. The van der Waals surface area contributed by atoms with Crippen LogP contribution in [-0.2, 0) is 23.7 Å². The first kappa shape index (κ1) is 86.3. The fourth-order valence-corrected chi connectivity index (χ4v) is 11.2. The third-order valence-corrected chi connectivity index (χ3v) is 16.8. The Morgan fingerprint density at radius 2 is 1.03 bits per heavy atom. The number of ether oxygens (including phenoxy) is 5. The number of pyridine rings is 5. The van der Waals surface area contributed by atoms with Gasteiger partial charge in [0.2, 0.25) is 34.6 Å². The van der Waals surface area contributed by atoms with Crippen molar-refractivity contribution in [2.75, 3.05) is 77.1 Å². The normalized spacial score (nSPS) is 17.7. The van der Waals surface area contributed by atoms with E-state index < -0.39 is 38.3 Å². The Balaban J connectivity index is 0.000000195. The maximum Gasteiger partial charge on any atom is 0.380 e. The number of benzene rings is 1. The number of nitrogen functional groups attached to an aromatic ring is 1. The molecule has 10 aromatic rings. The second kappa shape index (κ2) is 41.6. The molecule has 9 aromatic heterocycles. The number of nitrogens with zero attached hydrogens (tertiary/aromatic N) is 22. The van der Waals surface area contributed by atoms with Crippen LogP contribution in [0.5, 0.6) is 0 Å². The van der Waals surface area contributed by atoms with Crippen molar-refractivity contribution in [3.63, 3.8) is 0 Å². The van der Waals surface area contributed by atoms with E-state index in [9.17, 15) is 49.1 Å². The van der Waals surface area contributed by atoms with E-state index in [0.717, 1.165) is 87.5 Å². The minimum Gasteiger partial charge on any atom is -0.475 e. The van der Waals surface area contributed by atoms with Gasteiger partial charge in [-0.05, 0) is 203 Å². The predicted molar refractivity (Wildman–Crippen MR) is 408 cm³/mol. The quantitative estimate of drug-likeness (QED) is 0.0407. The summed E-state index contributed by atoms with van der Waals surface area (Å²) < 4.78 is 48.0. The molecule has 110 heavy (non-hydrogen) atoms. The number of anilines is 2. The monoisotopic (exact) mass is 1600 g/mol. The van der Waals surface area contributed by atoms with Gasteiger partial charge in [0.05, 0.1) is 62.4 Å². The Labute approximate surface area is 652 Å². The van der Waals surface area contributed by atoms with Crippen LogP contribution in [-0.4, -0.2) is 205 Å². The maximum atomic E-state index is 14.8. The molecule has 1 saturated carbocycles. The Morgan fingerprint density at radius 1 is 0.564 bits per heavy atom. The maximum absolute atomic E-state index is 14.8. The summed E-state index contributed by atoms with van der Waals surface area (Å²) in [7, 11) is 0. The summed E-state index contributed by atoms with van der Waals surface area (Å²) in [6.07, 6.45) is 10.7. The lowest BCUT2D eigenvalue weighted by atomic mass is 9.99. The number of carbonyl (C=O) groups is 3. The van der Waals surface area contributed by atoms with Crippen molar-refractivity contribution >= 4 is 101 Å². The number of carboxylic acids is 1.